The number of nitro groups is 2. The molecule has 0 aliphatic rings. The second-order valence-corrected chi connectivity index (χ2v) is 5.50. The number of nitrogens with zero attached hydrogens (tertiary/aromatic N) is 3. The number of hydrazone groups is 1. The van der Waals surface area contributed by atoms with Gasteiger partial charge in [0.2, 0.25) is 0 Å². The second kappa shape index (κ2) is 8.00. The molecule has 1 atom stereocenters. The molecular weight excluding hydrogens is 324 g/mol. The lowest BCUT2D eigenvalue weighted by Gasteiger charge is -2.13. The van der Waals surface area contributed by atoms with Gasteiger partial charge in [-0.15, -0.1) is 0 Å². The van der Waals surface area contributed by atoms with Crippen LogP contribution in [0.5, 0.6) is 0 Å². The molecule has 0 heterocycles. The van der Waals surface area contributed by atoms with Crippen molar-refractivity contribution in [2.45, 2.75) is 20.3 Å². The molecule has 0 bridgehead atoms. The Labute approximate surface area is 144 Å². The molecule has 25 heavy (non-hydrogen) atoms. The summed E-state index contributed by atoms with van der Waals surface area (Å²) in [6.07, 6.45) is 0.845. The Kier molecular flexibility index (Phi) is 5.78. The molecule has 2 aromatic carbocycles. The van der Waals surface area contributed by atoms with Crippen molar-refractivity contribution in [1.29, 1.82) is 0 Å². The Bertz CT molecular complexity index is 806. The summed E-state index contributed by atoms with van der Waals surface area (Å²) in [5.41, 5.74) is 3.74. The SMILES string of the molecule is CCC(C)/C(=N/Nc1ccc([N+](=O)[O-])cc1[N+](=O)[O-])c1ccccc1. The fourth-order valence-electron chi connectivity index (χ4n) is 2.26. The third kappa shape index (κ3) is 4.37. The molecule has 0 fully saturated rings. The van der Waals surface area contributed by atoms with Crippen molar-refractivity contribution in [2.24, 2.45) is 11.0 Å². The van der Waals surface area contributed by atoms with Gasteiger partial charge in [-0.2, -0.15) is 5.10 Å². The zero-order chi connectivity index (χ0) is 18.4. The Morgan fingerprint density at radius 2 is 1.80 bits per heavy atom. The van der Waals surface area contributed by atoms with E-state index in [0.717, 1.165) is 23.8 Å². The summed E-state index contributed by atoms with van der Waals surface area (Å²) in [6, 6.07) is 12.9. The van der Waals surface area contributed by atoms with Crippen LogP contribution < -0.4 is 5.43 Å². The van der Waals surface area contributed by atoms with E-state index in [1.165, 1.54) is 12.1 Å². The third-order valence-corrected chi connectivity index (χ3v) is 3.83. The molecule has 0 saturated carbocycles. The highest BCUT2D eigenvalue weighted by Gasteiger charge is 2.20. The van der Waals surface area contributed by atoms with Crippen molar-refractivity contribution in [2.75, 3.05) is 5.43 Å². The second-order valence-electron chi connectivity index (χ2n) is 5.50. The molecule has 0 aliphatic heterocycles. The number of nitro benzene ring substituents is 2. The van der Waals surface area contributed by atoms with Crippen LogP contribution in [0.4, 0.5) is 17.1 Å². The van der Waals surface area contributed by atoms with Gasteiger partial charge in [-0.1, -0.05) is 44.2 Å². The Balaban J connectivity index is 2.40. The van der Waals surface area contributed by atoms with Gasteiger partial charge in [-0.3, -0.25) is 25.7 Å². The molecule has 0 spiro atoms. The number of hydrogen-bond acceptors (Lipinski definition) is 6. The van der Waals surface area contributed by atoms with Gasteiger partial charge in [0, 0.05) is 12.0 Å². The van der Waals surface area contributed by atoms with Crippen molar-refractivity contribution in [3.63, 3.8) is 0 Å². The van der Waals surface area contributed by atoms with Gasteiger partial charge in [0.05, 0.1) is 21.6 Å². The molecule has 1 unspecified atom stereocenters. The van der Waals surface area contributed by atoms with Gasteiger partial charge in [-0.05, 0) is 18.1 Å². The maximum atomic E-state index is 11.2. The normalized spacial score (nSPS) is 12.5. The van der Waals surface area contributed by atoms with E-state index in [1.807, 2.05) is 44.2 Å². The average Bonchev–Trinajstić information content (AvgIpc) is 2.62. The highest BCUT2D eigenvalue weighted by atomic mass is 16.6. The predicted octanol–water partition coefficient (Wildman–Crippen LogP) is 4.37. The number of anilines is 1. The molecule has 1 N–H and O–H groups in total. The first-order valence-corrected chi connectivity index (χ1v) is 7.75. The highest BCUT2D eigenvalue weighted by molar-refractivity contribution is 6.02. The Morgan fingerprint density at radius 3 is 2.36 bits per heavy atom. The molecule has 0 aliphatic carbocycles. The molecule has 2 aromatic rings. The van der Waals surface area contributed by atoms with E-state index < -0.39 is 15.5 Å². The predicted molar refractivity (Wildman–Crippen MR) is 95.8 cm³/mol. The summed E-state index contributed by atoms with van der Waals surface area (Å²) in [6.45, 7) is 4.04. The first-order chi connectivity index (χ1) is 11.9. The van der Waals surface area contributed by atoms with Crippen molar-refractivity contribution in [3.05, 3.63) is 74.3 Å². The van der Waals surface area contributed by atoms with E-state index in [4.69, 9.17) is 0 Å². The Morgan fingerprint density at radius 1 is 1.12 bits per heavy atom. The molecule has 0 aromatic heterocycles. The maximum absolute atomic E-state index is 11.2. The van der Waals surface area contributed by atoms with Crippen LogP contribution in [-0.4, -0.2) is 15.6 Å². The van der Waals surface area contributed by atoms with E-state index >= 15 is 0 Å². The van der Waals surface area contributed by atoms with E-state index in [1.54, 1.807) is 0 Å². The molecule has 8 nitrogen and oxygen atoms in total. The fourth-order valence-corrected chi connectivity index (χ4v) is 2.26. The third-order valence-electron chi connectivity index (χ3n) is 3.83. The topological polar surface area (TPSA) is 111 Å². The lowest BCUT2D eigenvalue weighted by atomic mass is 9.96. The fraction of sp³-hybridized carbons (Fsp3) is 0.235. The van der Waals surface area contributed by atoms with Crippen LogP contribution in [0, 0.1) is 26.1 Å². The number of benzene rings is 2. The largest absolute Gasteiger partial charge is 0.301 e. The van der Waals surface area contributed by atoms with Crippen LogP contribution in [0.1, 0.15) is 25.8 Å². The van der Waals surface area contributed by atoms with Crippen molar-refractivity contribution in [1.82, 2.24) is 0 Å². The summed E-state index contributed by atoms with van der Waals surface area (Å²) >= 11 is 0. The minimum absolute atomic E-state index is 0.104. The quantitative estimate of drug-likeness (QED) is 0.456. The van der Waals surface area contributed by atoms with E-state index in [-0.39, 0.29) is 17.3 Å². The van der Waals surface area contributed by atoms with Crippen LogP contribution in [0.3, 0.4) is 0 Å². The maximum Gasteiger partial charge on any atom is 0.301 e. The summed E-state index contributed by atoms with van der Waals surface area (Å²) in [5.74, 6) is 0.131. The van der Waals surface area contributed by atoms with Crippen LogP contribution >= 0.6 is 0 Å². The smallest absolute Gasteiger partial charge is 0.271 e. The summed E-state index contributed by atoms with van der Waals surface area (Å²) < 4.78 is 0. The zero-order valence-electron chi connectivity index (χ0n) is 13.9. The summed E-state index contributed by atoms with van der Waals surface area (Å²) in [4.78, 5) is 20.7. The lowest BCUT2D eigenvalue weighted by Crippen LogP contribution is -2.14. The average molecular weight is 342 g/mol. The van der Waals surface area contributed by atoms with Gasteiger partial charge in [0.25, 0.3) is 5.69 Å². The van der Waals surface area contributed by atoms with Crippen molar-refractivity contribution < 1.29 is 9.85 Å². The Hall–Kier alpha value is -3.29. The number of nitrogens with one attached hydrogen (secondary N) is 1. The first-order valence-electron chi connectivity index (χ1n) is 7.75. The van der Waals surface area contributed by atoms with E-state index in [0.29, 0.717) is 0 Å². The van der Waals surface area contributed by atoms with Gasteiger partial charge in [0.15, 0.2) is 0 Å². The minimum Gasteiger partial charge on any atom is -0.271 e. The molecule has 0 saturated heterocycles. The van der Waals surface area contributed by atoms with Crippen LogP contribution in [-0.2, 0) is 0 Å². The van der Waals surface area contributed by atoms with Crippen LogP contribution in [0.2, 0.25) is 0 Å². The zero-order valence-corrected chi connectivity index (χ0v) is 13.9. The standard InChI is InChI=1S/C17H18N4O4/c1-3-12(2)17(13-7-5-4-6-8-13)19-18-15-10-9-14(20(22)23)11-16(15)21(24)25/h4-12,18H,3H2,1-2H3/b19-17-. The van der Waals surface area contributed by atoms with E-state index in [2.05, 4.69) is 10.5 Å². The van der Waals surface area contributed by atoms with Crippen LogP contribution in [0.25, 0.3) is 0 Å². The molecule has 0 radical (unpaired) electrons. The molecular formula is C17H18N4O4. The molecule has 2 rings (SSSR count). The summed E-state index contributed by atoms with van der Waals surface area (Å²) in [5, 5.41) is 26.3. The minimum atomic E-state index is -0.672. The summed E-state index contributed by atoms with van der Waals surface area (Å²) in [7, 11) is 0. The van der Waals surface area contributed by atoms with Gasteiger partial charge < -0.3 is 0 Å². The molecule has 130 valence electrons. The lowest BCUT2D eigenvalue weighted by molar-refractivity contribution is -0.393. The molecule has 8 heteroatoms. The van der Waals surface area contributed by atoms with Gasteiger partial charge >= 0.3 is 5.69 Å². The van der Waals surface area contributed by atoms with Gasteiger partial charge in [-0.25, -0.2) is 0 Å². The van der Waals surface area contributed by atoms with Gasteiger partial charge in [0.1, 0.15) is 5.69 Å². The monoisotopic (exact) mass is 342 g/mol. The number of hydrogen-bond donors (Lipinski definition) is 1. The molecule has 0 amide bonds. The number of non-ortho nitro benzene ring substituents is 1. The highest BCUT2D eigenvalue weighted by Crippen LogP contribution is 2.29. The van der Waals surface area contributed by atoms with Crippen molar-refractivity contribution >= 4 is 22.8 Å². The number of rotatable bonds is 7. The van der Waals surface area contributed by atoms with Crippen molar-refractivity contribution in [3.8, 4) is 0 Å². The van der Waals surface area contributed by atoms with E-state index in [9.17, 15) is 20.2 Å². The first kappa shape index (κ1) is 18.1. The van der Waals surface area contributed by atoms with Crippen LogP contribution in [0.15, 0.2) is 53.6 Å².